The monoisotopic (exact) mass is 276 g/mol. The van der Waals surface area contributed by atoms with Crippen LogP contribution in [0.5, 0.6) is 5.75 Å². The van der Waals surface area contributed by atoms with Gasteiger partial charge in [0.15, 0.2) is 0 Å². The summed E-state index contributed by atoms with van der Waals surface area (Å²) in [7, 11) is 1.44. The third kappa shape index (κ3) is 2.45. The molecule has 0 aliphatic carbocycles. The zero-order valence-electron chi connectivity index (χ0n) is 11.3. The molecule has 0 bridgehead atoms. The number of aliphatic hydroxyl groups is 2. The van der Waals surface area contributed by atoms with Crippen molar-refractivity contribution in [2.75, 3.05) is 7.11 Å². The molecule has 2 atom stereocenters. The number of fused-ring (bicyclic) bond motifs is 1. The van der Waals surface area contributed by atoms with Gasteiger partial charge in [0.25, 0.3) is 0 Å². The van der Waals surface area contributed by atoms with E-state index in [2.05, 4.69) is 6.58 Å². The molecule has 0 amide bonds. The van der Waals surface area contributed by atoms with E-state index in [1.165, 1.54) is 13.2 Å². The van der Waals surface area contributed by atoms with E-state index in [0.29, 0.717) is 16.7 Å². The predicted molar refractivity (Wildman–Crippen MR) is 74.8 cm³/mol. The van der Waals surface area contributed by atoms with Gasteiger partial charge in [-0.15, -0.1) is 0 Å². The summed E-state index contributed by atoms with van der Waals surface area (Å²) in [5.74, 6) is 0.333. The van der Waals surface area contributed by atoms with Gasteiger partial charge in [0, 0.05) is 11.5 Å². The molecule has 1 heterocycles. The molecule has 0 unspecified atom stereocenters. The Kier molecular flexibility index (Phi) is 3.92. The predicted octanol–water partition coefficient (Wildman–Crippen LogP) is 1.77. The first kappa shape index (κ1) is 14.3. The van der Waals surface area contributed by atoms with Crippen LogP contribution >= 0.6 is 0 Å². The lowest BCUT2D eigenvalue weighted by Gasteiger charge is -2.21. The van der Waals surface area contributed by atoms with E-state index in [1.807, 2.05) is 0 Å². The number of benzene rings is 1. The third-order valence-corrected chi connectivity index (χ3v) is 3.11. The van der Waals surface area contributed by atoms with Crippen LogP contribution < -0.4 is 10.4 Å². The lowest BCUT2D eigenvalue weighted by molar-refractivity contribution is 0.0402. The fourth-order valence-corrected chi connectivity index (χ4v) is 2.02. The SMILES string of the molecule is C=C(C)[C@H](O)[C@H](O)c1c(OC)ccc2ccc(=O)oc12. The van der Waals surface area contributed by atoms with Gasteiger partial charge in [-0.1, -0.05) is 6.58 Å². The smallest absolute Gasteiger partial charge is 0.336 e. The maximum absolute atomic E-state index is 11.4. The van der Waals surface area contributed by atoms with E-state index in [-0.39, 0.29) is 11.1 Å². The number of ether oxygens (including phenoxy) is 1. The number of hydrogen-bond donors (Lipinski definition) is 2. The summed E-state index contributed by atoms with van der Waals surface area (Å²) in [5.41, 5.74) is 0.293. The summed E-state index contributed by atoms with van der Waals surface area (Å²) in [4.78, 5) is 11.4. The average molecular weight is 276 g/mol. The first-order valence-electron chi connectivity index (χ1n) is 6.08. The Bertz CT molecular complexity index is 701. The first-order valence-corrected chi connectivity index (χ1v) is 6.08. The van der Waals surface area contributed by atoms with Crippen LogP contribution in [-0.2, 0) is 0 Å². The molecule has 1 aromatic heterocycles. The molecule has 0 aliphatic rings. The molecule has 5 heteroatoms. The number of rotatable bonds is 4. The van der Waals surface area contributed by atoms with Crippen LogP contribution in [0.1, 0.15) is 18.6 Å². The summed E-state index contributed by atoms with van der Waals surface area (Å²) in [6.07, 6.45) is -2.48. The van der Waals surface area contributed by atoms with Crippen LogP contribution in [0.4, 0.5) is 0 Å². The molecule has 0 spiro atoms. The first-order chi connectivity index (χ1) is 9.45. The average Bonchev–Trinajstić information content (AvgIpc) is 2.44. The molecule has 0 saturated carbocycles. The summed E-state index contributed by atoms with van der Waals surface area (Å²) in [6.45, 7) is 5.21. The molecular formula is C15H16O5. The Morgan fingerprint density at radius 2 is 1.95 bits per heavy atom. The van der Waals surface area contributed by atoms with Crippen LogP contribution in [0.15, 0.2) is 45.6 Å². The molecule has 2 aromatic rings. The van der Waals surface area contributed by atoms with Crippen molar-refractivity contribution in [1.29, 1.82) is 0 Å². The van der Waals surface area contributed by atoms with Gasteiger partial charge in [-0.25, -0.2) is 4.79 Å². The van der Waals surface area contributed by atoms with Gasteiger partial charge < -0.3 is 19.4 Å². The molecule has 0 saturated heterocycles. The lowest BCUT2D eigenvalue weighted by atomic mass is 9.97. The molecule has 1 aromatic carbocycles. The van der Waals surface area contributed by atoms with Crippen LogP contribution in [-0.4, -0.2) is 23.4 Å². The lowest BCUT2D eigenvalue weighted by Crippen LogP contribution is -2.20. The van der Waals surface area contributed by atoms with E-state index >= 15 is 0 Å². The van der Waals surface area contributed by atoms with Gasteiger partial charge in [0.05, 0.1) is 12.7 Å². The van der Waals surface area contributed by atoms with Crippen molar-refractivity contribution in [3.63, 3.8) is 0 Å². The van der Waals surface area contributed by atoms with Gasteiger partial charge in [-0.2, -0.15) is 0 Å². The minimum absolute atomic E-state index is 0.199. The van der Waals surface area contributed by atoms with Crippen LogP contribution in [0.3, 0.4) is 0 Å². The Balaban J connectivity index is 2.73. The van der Waals surface area contributed by atoms with Crippen molar-refractivity contribution >= 4 is 11.0 Å². The van der Waals surface area contributed by atoms with E-state index in [9.17, 15) is 15.0 Å². The van der Waals surface area contributed by atoms with E-state index in [4.69, 9.17) is 9.15 Å². The molecule has 2 rings (SSSR count). The van der Waals surface area contributed by atoms with Gasteiger partial charge in [-0.05, 0) is 30.7 Å². The maximum atomic E-state index is 11.4. The van der Waals surface area contributed by atoms with Gasteiger partial charge >= 0.3 is 5.63 Å². The minimum Gasteiger partial charge on any atom is -0.496 e. The van der Waals surface area contributed by atoms with Crippen molar-refractivity contribution < 1.29 is 19.4 Å². The summed E-state index contributed by atoms with van der Waals surface area (Å²) < 4.78 is 10.3. The highest BCUT2D eigenvalue weighted by Crippen LogP contribution is 2.35. The number of methoxy groups -OCH3 is 1. The molecular weight excluding hydrogens is 260 g/mol. The second-order valence-corrected chi connectivity index (χ2v) is 4.59. The number of aliphatic hydroxyl groups excluding tert-OH is 2. The van der Waals surface area contributed by atoms with Gasteiger partial charge in [0.1, 0.15) is 23.5 Å². The summed E-state index contributed by atoms with van der Waals surface area (Å²) in [6, 6.07) is 6.23. The summed E-state index contributed by atoms with van der Waals surface area (Å²) >= 11 is 0. The highest BCUT2D eigenvalue weighted by atomic mass is 16.5. The highest BCUT2D eigenvalue weighted by molar-refractivity contribution is 5.82. The number of hydrogen-bond acceptors (Lipinski definition) is 5. The van der Waals surface area contributed by atoms with Gasteiger partial charge in [-0.3, -0.25) is 0 Å². The Morgan fingerprint density at radius 3 is 2.55 bits per heavy atom. The molecule has 0 radical (unpaired) electrons. The Labute approximate surface area is 115 Å². The van der Waals surface area contributed by atoms with Crippen molar-refractivity contribution in [3.05, 3.63) is 52.4 Å². The van der Waals surface area contributed by atoms with Crippen LogP contribution in [0.2, 0.25) is 0 Å². The Hall–Kier alpha value is -2.11. The van der Waals surface area contributed by atoms with Crippen molar-refractivity contribution in [2.24, 2.45) is 0 Å². The Morgan fingerprint density at radius 1 is 1.30 bits per heavy atom. The van der Waals surface area contributed by atoms with Crippen molar-refractivity contribution in [2.45, 2.75) is 19.1 Å². The van der Waals surface area contributed by atoms with E-state index < -0.39 is 17.8 Å². The quantitative estimate of drug-likeness (QED) is 0.657. The molecule has 0 fully saturated rings. The molecule has 2 N–H and O–H groups in total. The van der Waals surface area contributed by atoms with Crippen LogP contribution in [0, 0.1) is 0 Å². The largest absolute Gasteiger partial charge is 0.496 e. The third-order valence-electron chi connectivity index (χ3n) is 3.11. The molecule has 20 heavy (non-hydrogen) atoms. The second kappa shape index (κ2) is 5.48. The van der Waals surface area contributed by atoms with Gasteiger partial charge in [0.2, 0.25) is 0 Å². The van der Waals surface area contributed by atoms with E-state index in [0.717, 1.165) is 0 Å². The zero-order chi connectivity index (χ0) is 14.9. The van der Waals surface area contributed by atoms with E-state index in [1.54, 1.807) is 25.1 Å². The fourth-order valence-electron chi connectivity index (χ4n) is 2.02. The van der Waals surface area contributed by atoms with Crippen molar-refractivity contribution in [1.82, 2.24) is 0 Å². The van der Waals surface area contributed by atoms with Crippen LogP contribution in [0.25, 0.3) is 11.0 Å². The zero-order valence-corrected chi connectivity index (χ0v) is 11.3. The highest BCUT2D eigenvalue weighted by Gasteiger charge is 2.26. The molecule has 106 valence electrons. The van der Waals surface area contributed by atoms with Crippen molar-refractivity contribution in [3.8, 4) is 5.75 Å². The normalized spacial score (nSPS) is 14.0. The molecule has 0 aliphatic heterocycles. The standard InChI is InChI=1S/C15H16O5/c1-8(2)13(17)14(18)12-10(19-3)6-4-9-5-7-11(16)20-15(9)12/h4-7,13-14,17-18H,1H2,2-3H3/t13-,14+/m0/s1. The topological polar surface area (TPSA) is 79.9 Å². The maximum Gasteiger partial charge on any atom is 0.336 e. The minimum atomic E-state index is -1.29. The summed E-state index contributed by atoms with van der Waals surface area (Å²) in [5, 5.41) is 20.9. The molecule has 5 nitrogen and oxygen atoms in total. The second-order valence-electron chi connectivity index (χ2n) is 4.59. The fraction of sp³-hybridized carbons (Fsp3) is 0.267.